The van der Waals surface area contributed by atoms with Gasteiger partial charge in [0.1, 0.15) is 5.82 Å². The summed E-state index contributed by atoms with van der Waals surface area (Å²) in [7, 11) is 1.92. The molecule has 94 valence electrons. The van der Waals surface area contributed by atoms with Gasteiger partial charge < -0.3 is 5.32 Å². The monoisotopic (exact) mass is 245 g/mol. The lowest BCUT2D eigenvalue weighted by Crippen LogP contribution is -2.14. The molecule has 0 bridgehead atoms. The molecule has 1 fully saturated rings. The molecule has 2 heterocycles. The van der Waals surface area contributed by atoms with Crippen molar-refractivity contribution in [1.29, 1.82) is 0 Å². The zero-order valence-corrected chi connectivity index (χ0v) is 10.4. The Balaban J connectivity index is 2.02. The molecule has 1 N–H and O–H groups in total. The second kappa shape index (κ2) is 4.53. The highest BCUT2D eigenvalue weighted by Gasteiger charge is 2.22. The van der Waals surface area contributed by atoms with Gasteiger partial charge in [0.25, 0.3) is 0 Å². The predicted molar refractivity (Wildman–Crippen MR) is 68.6 cm³/mol. The normalized spacial score (nSPS) is 19.3. The van der Waals surface area contributed by atoms with Gasteiger partial charge in [-0.3, -0.25) is 4.68 Å². The number of aryl methyl sites for hydroxylation is 1. The van der Waals surface area contributed by atoms with Crippen LogP contribution < -0.4 is 5.32 Å². The molecule has 1 aromatic heterocycles. The van der Waals surface area contributed by atoms with E-state index in [9.17, 15) is 4.39 Å². The topological polar surface area (TPSA) is 29.9 Å². The summed E-state index contributed by atoms with van der Waals surface area (Å²) in [5, 5.41) is 8.01. The lowest BCUT2D eigenvalue weighted by molar-refractivity contribution is 0.607. The maximum Gasteiger partial charge on any atom is 0.123 e. The molecule has 1 aliphatic heterocycles. The van der Waals surface area contributed by atoms with Crippen molar-refractivity contribution in [2.45, 2.75) is 18.9 Å². The van der Waals surface area contributed by atoms with Gasteiger partial charge in [-0.1, -0.05) is 12.1 Å². The molecule has 18 heavy (non-hydrogen) atoms. The number of halogens is 1. The van der Waals surface area contributed by atoms with E-state index in [-0.39, 0.29) is 5.82 Å². The number of benzene rings is 1. The minimum absolute atomic E-state index is 0.205. The molecule has 0 radical (unpaired) electrons. The van der Waals surface area contributed by atoms with E-state index < -0.39 is 0 Å². The van der Waals surface area contributed by atoms with Gasteiger partial charge >= 0.3 is 0 Å². The number of hydrogen-bond acceptors (Lipinski definition) is 2. The maximum absolute atomic E-state index is 13.0. The van der Waals surface area contributed by atoms with Gasteiger partial charge in [0.15, 0.2) is 0 Å². The number of nitrogens with one attached hydrogen (secondary N) is 1. The molecule has 0 aliphatic carbocycles. The second-order valence-corrected chi connectivity index (χ2v) is 4.76. The Kier molecular flexibility index (Phi) is 2.88. The van der Waals surface area contributed by atoms with Crippen LogP contribution >= 0.6 is 0 Å². The van der Waals surface area contributed by atoms with E-state index >= 15 is 0 Å². The minimum Gasteiger partial charge on any atom is -0.309 e. The first-order valence-electron chi connectivity index (χ1n) is 6.27. The average molecular weight is 245 g/mol. The molecule has 0 amide bonds. The summed E-state index contributed by atoms with van der Waals surface area (Å²) >= 11 is 0. The van der Waals surface area contributed by atoms with Crippen molar-refractivity contribution in [3.05, 3.63) is 42.0 Å². The molecular weight excluding hydrogens is 229 g/mol. The predicted octanol–water partition coefficient (Wildman–Crippen LogP) is 2.65. The van der Waals surface area contributed by atoms with Crippen molar-refractivity contribution in [1.82, 2.24) is 15.1 Å². The fourth-order valence-electron chi connectivity index (χ4n) is 2.53. The fourth-order valence-corrected chi connectivity index (χ4v) is 2.53. The van der Waals surface area contributed by atoms with Crippen LogP contribution in [0.1, 0.15) is 24.6 Å². The second-order valence-electron chi connectivity index (χ2n) is 4.76. The van der Waals surface area contributed by atoms with Crippen LogP contribution in [0.25, 0.3) is 11.1 Å². The van der Waals surface area contributed by atoms with E-state index in [1.54, 1.807) is 0 Å². The number of nitrogens with zero attached hydrogens (tertiary/aromatic N) is 2. The molecule has 1 aromatic carbocycles. The zero-order valence-electron chi connectivity index (χ0n) is 10.4. The SMILES string of the molecule is Cn1cc(-c2ccc(F)cc2)c(C2CCCN2)n1. The zero-order chi connectivity index (χ0) is 12.5. The summed E-state index contributed by atoms with van der Waals surface area (Å²) in [6.45, 7) is 1.05. The third-order valence-corrected chi connectivity index (χ3v) is 3.40. The van der Waals surface area contributed by atoms with Crippen LogP contribution in [0.15, 0.2) is 30.5 Å². The first kappa shape index (κ1) is 11.4. The van der Waals surface area contributed by atoms with Crippen LogP contribution in [0.5, 0.6) is 0 Å². The van der Waals surface area contributed by atoms with Crippen LogP contribution in [0.3, 0.4) is 0 Å². The molecule has 1 unspecified atom stereocenters. The molecule has 3 nitrogen and oxygen atoms in total. The Labute approximate surface area is 106 Å². The summed E-state index contributed by atoms with van der Waals surface area (Å²) in [5.41, 5.74) is 3.19. The highest BCUT2D eigenvalue weighted by molar-refractivity contribution is 5.65. The molecule has 4 heteroatoms. The van der Waals surface area contributed by atoms with Crippen LogP contribution in [0.4, 0.5) is 4.39 Å². The summed E-state index contributed by atoms with van der Waals surface area (Å²) in [5.74, 6) is -0.205. The molecule has 0 saturated carbocycles. The third kappa shape index (κ3) is 2.04. The lowest BCUT2D eigenvalue weighted by Gasteiger charge is -2.09. The van der Waals surface area contributed by atoms with E-state index in [4.69, 9.17) is 0 Å². The van der Waals surface area contributed by atoms with Crippen molar-refractivity contribution in [2.75, 3.05) is 6.54 Å². The highest BCUT2D eigenvalue weighted by atomic mass is 19.1. The Hall–Kier alpha value is -1.68. The van der Waals surface area contributed by atoms with Gasteiger partial charge in [0, 0.05) is 18.8 Å². The van der Waals surface area contributed by atoms with Crippen molar-refractivity contribution < 1.29 is 4.39 Å². The van der Waals surface area contributed by atoms with Crippen LogP contribution in [0.2, 0.25) is 0 Å². The van der Waals surface area contributed by atoms with Gasteiger partial charge in [0.05, 0.1) is 11.7 Å². The summed E-state index contributed by atoms with van der Waals surface area (Å²) in [6.07, 6.45) is 4.30. The first-order chi connectivity index (χ1) is 8.74. The van der Waals surface area contributed by atoms with E-state index in [1.165, 1.54) is 18.6 Å². The standard InChI is InChI=1S/C14H16FN3/c1-18-9-12(10-4-6-11(15)7-5-10)14(17-18)13-3-2-8-16-13/h4-7,9,13,16H,2-3,8H2,1H3. The van der Waals surface area contributed by atoms with E-state index in [1.807, 2.05) is 30.1 Å². The number of hydrogen-bond donors (Lipinski definition) is 1. The largest absolute Gasteiger partial charge is 0.309 e. The van der Waals surface area contributed by atoms with Gasteiger partial charge in [-0.2, -0.15) is 5.10 Å². The van der Waals surface area contributed by atoms with E-state index in [0.717, 1.165) is 29.8 Å². The van der Waals surface area contributed by atoms with E-state index in [0.29, 0.717) is 6.04 Å². The van der Waals surface area contributed by atoms with Gasteiger partial charge in [-0.25, -0.2) is 4.39 Å². The quantitative estimate of drug-likeness (QED) is 0.881. The molecule has 1 saturated heterocycles. The first-order valence-corrected chi connectivity index (χ1v) is 6.27. The number of aromatic nitrogens is 2. The smallest absolute Gasteiger partial charge is 0.123 e. The molecule has 1 atom stereocenters. The third-order valence-electron chi connectivity index (χ3n) is 3.40. The molecular formula is C14H16FN3. The van der Waals surface area contributed by atoms with Crippen molar-refractivity contribution in [2.24, 2.45) is 7.05 Å². The van der Waals surface area contributed by atoms with Crippen molar-refractivity contribution in [3.8, 4) is 11.1 Å². The van der Waals surface area contributed by atoms with Gasteiger partial charge in [0.2, 0.25) is 0 Å². The Morgan fingerprint density at radius 1 is 1.33 bits per heavy atom. The summed E-state index contributed by atoms with van der Waals surface area (Å²) in [4.78, 5) is 0. The average Bonchev–Trinajstić information content (AvgIpc) is 2.98. The fraction of sp³-hybridized carbons (Fsp3) is 0.357. The Bertz CT molecular complexity index is 539. The summed E-state index contributed by atoms with van der Waals surface area (Å²) < 4.78 is 14.8. The van der Waals surface area contributed by atoms with Gasteiger partial charge in [-0.15, -0.1) is 0 Å². The summed E-state index contributed by atoms with van der Waals surface area (Å²) in [6, 6.07) is 6.93. The van der Waals surface area contributed by atoms with Gasteiger partial charge in [-0.05, 0) is 37.1 Å². The van der Waals surface area contributed by atoms with Crippen molar-refractivity contribution >= 4 is 0 Å². The van der Waals surface area contributed by atoms with Crippen LogP contribution in [-0.2, 0) is 7.05 Å². The minimum atomic E-state index is -0.205. The number of rotatable bonds is 2. The highest BCUT2D eigenvalue weighted by Crippen LogP contribution is 2.31. The molecule has 1 aliphatic rings. The maximum atomic E-state index is 13.0. The molecule has 3 rings (SSSR count). The Morgan fingerprint density at radius 2 is 2.11 bits per heavy atom. The molecule has 2 aromatic rings. The van der Waals surface area contributed by atoms with Crippen LogP contribution in [-0.4, -0.2) is 16.3 Å². The lowest BCUT2D eigenvalue weighted by atomic mass is 10.0. The van der Waals surface area contributed by atoms with E-state index in [2.05, 4.69) is 10.4 Å². The van der Waals surface area contributed by atoms with Crippen LogP contribution in [0, 0.1) is 5.82 Å². The van der Waals surface area contributed by atoms with Crippen molar-refractivity contribution in [3.63, 3.8) is 0 Å². The Morgan fingerprint density at radius 3 is 2.78 bits per heavy atom. The molecule has 0 spiro atoms.